The van der Waals surface area contributed by atoms with E-state index in [1.165, 1.54) is 25.7 Å². The van der Waals surface area contributed by atoms with Crippen LogP contribution in [0.25, 0.3) is 5.69 Å². The summed E-state index contributed by atoms with van der Waals surface area (Å²) in [6.07, 6.45) is 10.5. The smallest absolute Gasteiger partial charge is 0.227 e. The standard InChI is InChI=1S/C17H21N3O/c21-17(14-8-4-1-2-5-9-14)19-15-12-18-20(13-15)16-10-6-3-7-11-16/h3,6-7,10-14H,1-2,4-5,8-9H2,(H,19,21). The third-order valence-electron chi connectivity index (χ3n) is 4.10. The van der Waals surface area contributed by atoms with Crippen LogP contribution in [-0.4, -0.2) is 15.7 Å². The van der Waals surface area contributed by atoms with Crippen molar-refractivity contribution in [1.82, 2.24) is 9.78 Å². The van der Waals surface area contributed by atoms with Crippen molar-refractivity contribution in [3.8, 4) is 5.69 Å². The van der Waals surface area contributed by atoms with Crippen molar-refractivity contribution >= 4 is 11.6 Å². The van der Waals surface area contributed by atoms with Crippen LogP contribution < -0.4 is 5.32 Å². The maximum Gasteiger partial charge on any atom is 0.227 e. The Morgan fingerprint density at radius 3 is 2.52 bits per heavy atom. The lowest BCUT2D eigenvalue weighted by atomic mass is 9.99. The first-order valence-corrected chi connectivity index (χ1v) is 7.74. The van der Waals surface area contributed by atoms with E-state index >= 15 is 0 Å². The fourth-order valence-electron chi connectivity index (χ4n) is 2.90. The van der Waals surface area contributed by atoms with Crippen molar-refractivity contribution in [3.63, 3.8) is 0 Å². The minimum Gasteiger partial charge on any atom is -0.323 e. The van der Waals surface area contributed by atoms with Crippen molar-refractivity contribution in [2.24, 2.45) is 5.92 Å². The van der Waals surface area contributed by atoms with Crippen molar-refractivity contribution < 1.29 is 4.79 Å². The summed E-state index contributed by atoms with van der Waals surface area (Å²) >= 11 is 0. The zero-order chi connectivity index (χ0) is 14.5. The molecule has 1 N–H and O–H groups in total. The molecule has 0 saturated heterocycles. The van der Waals surface area contributed by atoms with Crippen LogP contribution in [0.2, 0.25) is 0 Å². The third kappa shape index (κ3) is 3.51. The van der Waals surface area contributed by atoms with Gasteiger partial charge in [0.25, 0.3) is 0 Å². The summed E-state index contributed by atoms with van der Waals surface area (Å²) in [7, 11) is 0. The Morgan fingerprint density at radius 1 is 1.10 bits per heavy atom. The second-order valence-electron chi connectivity index (χ2n) is 5.69. The molecule has 1 saturated carbocycles. The molecule has 0 radical (unpaired) electrons. The van der Waals surface area contributed by atoms with Crippen molar-refractivity contribution in [2.45, 2.75) is 38.5 Å². The van der Waals surface area contributed by atoms with Gasteiger partial charge in [-0.25, -0.2) is 4.68 Å². The van der Waals surface area contributed by atoms with Crippen LogP contribution in [0, 0.1) is 5.92 Å². The van der Waals surface area contributed by atoms with E-state index in [1.54, 1.807) is 10.9 Å². The number of benzene rings is 1. The SMILES string of the molecule is O=C(Nc1cnn(-c2ccccc2)c1)C1CCCCCC1. The highest BCUT2D eigenvalue weighted by Crippen LogP contribution is 2.24. The predicted molar refractivity (Wildman–Crippen MR) is 83.4 cm³/mol. The van der Waals surface area contributed by atoms with E-state index in [0.717, 1.165) is 24.2 Å². The van der Waals surface area contributed by atoms with Crippen LogP contribution in [-0.2, 0) is 4.79 Å². The summed E-state index contributed by atoms with van der Waals surface area (Å²) in [5.74, 6) is 0.303. The molecule has 110 valence electrons. The Kier molecular flexibility index (Phi) is 4.34. The summed E-state index contributed by atoms with van der Waals surface area (Å²) < 4.78 is 1.78. The molecule has 0 atom stereocenters. The van der Waals surface area contributed by atoms with Gasteiger partial charge in [0.15, 0.2) is 0 Å². The Balaban J connectivity index is 1.65. The van der Waals surface area contributed by atoms with Gasteiger partial charge in [0.1, 0.15) is 0 Å². The van der Waals surface area contributed by atoms with E-state index in [4.69, 9.17) is 0 Å². The second-order valence-corrected chi connectivity index (χ2v) is 5.69. The molecule has 1 heterocycles. The molecule has 0 spiro atoms. The van der Waals surface area contributed by atoms with Gasteiger partial charge in [-0.1, -0.05) is 43.9 Å². The molecule has 1 aliphatic rings. The molecule has 3 rings (SSSR count). The lowest BCUT2D eigenvalue weighted by Gasteiger charge is -2.12. The number of anilines is 1. The molecule has 2 aromatic rings. The largest absolute Gasteiger partial charge is 0.323 e. The fourth-order valence-corrected chi connectivity index (χ4v) is 2.90. The van der Waals surface area contributed by atoms with Crippen LogP contribution in [0.4, 0.5) is 5.69 Å². The lowest BCUT2D eigenvalue weighted by Crippen LogP contribution is -2.22. The number of hydrogen-bond acceptors (Lipinski definition) is 2. The molecule has 1 aromatic heterocycles. The van der Waals surface area contributed by atoms with Gasteiger partial charge < -0.3 is 5.32 Å². The minimum absolute atomic E-state index is 0.143. The summed E-state index contributed by atoms with van der Waals surface area (Å²) in [6, 6.07) is 9.90. The Labute approximate surface area is 125 Å². The monoisotopic (exact) mass is 283 g/mol. The molecule has 1 amide bonds. The average Bonchev–Trinajstić information content (AvgIpc) is 2.81. The molecule has 4 nitrogen and oxygen atoms in total. The van der Waals surface area contributed by atoms with Crippen molar-refractivity contribution in [1.29, 1.82) is 0 Å². The highest BCUT2D eigenvalue weighted by molar-refractivity contribution is 5.92. The molecule has 1 fully saturated rings. The molecule has 0 unspecified atom stereocenters. The molecule has 0 aliphatic heterocycles. The van der Waals surface area contributed by atoms with Gasteiger partial charge in [0.2, 0.25) is 5.91 Å². The van der Waals surface area contributed by atoms with Gasteiger partial charge in [-0.3, -0.25) is 4.79 Å². The number of hydrogen-bond donors (Lipinski definition) is 1. The maximum absolute atomic E-state index is 12.3. The summed E-state index contributed by atoms with van der Waals surface area (Å²) in [6.45, 7) is 0. The van der Waals surface area contributed by atoms with Crippen LogP contribution in [0.1, 0.15) is 38.5 Å². The van der Waals surface area contributed by atoms with Crippen LogP contribution in [0.15, 0.2) is 42.7 Å². The number of para-hydroxylation sites is 1. The lowest BCUT2D eigenvalue weighted by molar-refractivity contribution is -0.120. The number of aromatic nitrogens is 2. The Hall–Kier alpha value is -2.10. The maximum atomic E-state index is 12.3. The normalized spacial score (nSPS) is 16.4. The summed E-state index contributed by atoms with van der Waals surface area (Å²) in [5.41, 5.74) is 1.76. The number of rotatable bonds is 3. The number of nitrogens with one attached hydrogen (secondary N) is 1. The van der Waals surface area contributed by atoms with E-state index in [0.29, 0.717) is 0 Å². The number of carbonyl (C=O) groups is 1. The van der Waals surface area contributed by atoms with Gasteiger partial charge in [-0.2, -0.15) is 5.10 Å². The molecular weight excluding hydrogens is 262 g/mol. The zero-order valence-electron chi connectivity index (χ0n) is 12.2. The number of amides is 1. The van der Waals surface area contributed by atoms with Crippen LogP contribution in [0.3, 0.4) is 0 Å². The van der Waals surface area contributed by atoms with Crippen molar-refractivity contribution in [2.75, 3.05) is 5.32 Å². The van der Waals surface area contributed by atoms with E-state index in [1.807, 2.05) is 36.5 Å². The first-order valence-electron chi connectivity index (χ1n) is 7.74. The van der Waals surface area contributed by atoms with Crippen LogP contribution in [0.5, 0.6) is 0 Å². The fraction of sp³-hybridized carbons (Fsp3) is 0.412. The van der Waals surface area contributed by atoms with Gasteiger partial charge in [-0.05, 0) is 25.0 Å². The Morgan fingerprint density at radius 2 is 1.81 bits per heavy atom. The van der Waals surface area contributed by atoms with Gasteiger partial charge in [0, 0.05) is 5.92 Å². The second kappa shape index (κ2) is 6.57. The average molecular weight is 283 g/mol. The zero-order valence-corrected chi connectivity index (χ0v) is 12.2. The van der Waals surface area contributed by atoms with Gasteiger partial charge >= 0.3 is 0 Å². The van der Waals surface area contributed by atoms with Gasteiger partial charge in [-0.15, -0.1) is 0 Å². The van der Waals surface area contributed by atoms with Gasteiger partial charge in [0.05, 0.1) is 23.8 Å². The highest BCUT2D eigenvalue weighted by atomic mass is 16.1. The van der Waals surface area contributed by atoms with Crippen LogP contribution >= 0.6 is 0 Å². The molecule has 0 bridgehead atoms. The van der Waals surface area contributed by atoms with E-state index in [2.05, 4.69) is 10.4 Å². The van der Waals surface area contributed by atoms with E-state index in [-0.39, 0.29) is 11.8 Å². The molecule has 1 aliphatic carbocycles. The molecule has 4 heteroatoms. The van der Waals surface area contributed by atoms with E-state index < -0.39 is 0 Å². The summed E-state index contributed by atoms with van der Waals surface area (Å²) in [5, 5.41) is 7.31. The van der Waals surface area contributed by atoms with E-state index in [9.17, 15) is 4.79 Å². The molecule has 21 heavy (non-hydrogen) atoms. The third-order valence-corrected chi connectivity index (χ3v) is 4.10. The summed E-state index contributed by atoms with van der Waals surface area (Å²) in [4.78, 5) is 12.3. The topological polar surface area (TPSA) is 46.9 Å². The predicted octanol–water partition coefficient (Wildman–Crippen LogP) is 3.78. The minimum atomic E-state index is 0.143. The quantitative estimate of drug-likeness (QED) is 0.871. The molecular formula is C17H21N3O. The number of carbonyl (C=O) groups excluding carboxylic acids is 1. The molecule has 1 aromatic carbocycles. The highest BCUT2D eigenvalue weighted by Gasteiger charge is 2.20. The van der Waals surface area contributed by atoms with Crippen molar-refractivity contribution in [3.05, 3.63) is 42.7 Å². The first kappa shape index (κ1) is 13.9. The first-order chi connectivity index (χ1) is 10.3. The number of nitrogens with zero attached hydrogens (tertiary/aromatic N) is 2. The Bertz CT molecular complexity index is 583.